The van der Waals surface area contributed by atoms with E-state index in [0.717, 1.165) is 28.7 Å². The van der Waals surface area contributed by atoms with E-state index in [0.29, 0.717) is 4.88 Å². The Morgan fingerprint density at radius 2 is 1.96 bits per heavy atom. The van der Waals surface area contributed by atoms with E-state index in [4.69, 9.17) is 4.74 Å². The number of amides is 1. The molecule has 0 aliphatic rings. The van der Waals surface area contributed by atoms with Gasteiger partial charge in [0.05, 0.1) is 11.8 Å². The zero-order valence-corrected chi connectivity index (χ0v) is 15.0. The molecule has 23 heavy (non-hydrogen) atoms. The van der Waals surface area contributed by atoms with Gasteiger partial charge in [0.1, 0.15) is 15.6 Å². The smallest absolute Gasteiger partial charge is 0.267 e. The van der Waals surface area contributed by atoms with E-state index < -0.39 is 0 Å². The summed E-state index contributed by atoms with van der Waals surface area (Å²) in [6.07, 6.45) is 0.130. The average Bonchev–Trinajstić information content (AvgIpc) is 2.80. The molecule has 0 fully saturated rings. The van der Waals surface area contributed by atoms with Crippen LogP contribution >= 0.6 is 11.3 Å². The van der Waals surface area contributed by atoms with E-state index in [1.807, 2.05) is 64.0 Å². The number of nitrogens with zero attached hydrogens (tertiary/aromatic N) is 2. The molecule has 1 aromatic carbocycles. The summed E-state index contributed by atoms with van der Waals surface area (Å²) in [4.78, 5) is 19.6. The Kier molecular flexibility index (Phi) is 5.74. The summed E-state index contributed by atoms with van der Waals surface area (Å²) >= 11 is 1.44. The lowest BCUT2D eigenvalue weighted by atomic mass is 10.3. The third-order valence-electron chi connectivity index (χ3n) is 2.98. The molecule has 1 N–H and O–H groups in total. The fraction of sp³-hybridized carbons (Fsp3) is 0.412. The SMILES string of the molecule is Cc1nc(CN(C)C)sc1C(=O)Nc1ccc(OC(C)C)cc1. The van der Waals surface area contributed by atoms with Crippen molar-refractivity contribution in [1.82, 2.24) is 9.88 Å². The summed E-state index contributed by atoms with van der Waals surface area (Å²) in [6.45, 7) is 6.56. The summed E-state index contributed by atoms with van der Waals surface area (Å²) in [7, 11) is 3.97. The molecular weight excluding hydrogens is 310 g/mol. The fourth-order valence-corrected chi connectivity index (χ4v) is 3.16. The van der Waals surface area contributed by atoms with E-state index in [1.54, 1.807) is 0 Å². The molecule has 0 aliphatic carbocycles. The van der Waals surface area contributed by atoms with E-state index in [9.17, 15) is 4.79 Å². The number of aryl methyl sites for hydroxylation is 1. The molecule has 0 unspecified atom stereocenters. The van der Waals surface area contributed by atoms with Gasteiger partial charge in [-0.25, -0.2) is 4.98 Å². The number of ether oxygens (including phenoxy) is 1. The Hall–Kier alpha value is -1.92. The van der Waals surface area contributed by atoms with Gasteiger partial charge in [0.25, 0.3) is 5.91 Å². The number of aromatic nitrogens is 1. The van der Waals surface area contributed by atoms with Gasteiger partial charge in [-0.15, -0.1) is 11.3 Å². The van der Waals surface area contributed by atoms with Crippen molar-refractivity contribution in [1.29, 1.82) is 0 Å². The Labute approximate surface area is 141 Å². The minimum atomic E-state index is -0.123. The van der Waals surface area contributed by atoms with E-state index in [1.165, 1.54) is 11.3 Å². The fourth-order valence-electron chi connectivity index (χ4n) is 2.08. The number of carbonyl (C=O) groups excluding carboxylic acids is 1. The average molecular weight is 333 g/mol. The summed E-state index contributed by atoms with van der Waals surface area (Å²) < 4.78 is 5.59. The number of hydrogen-bond donors (Lipinski definition) is 1. The number of rotatable bonds is 6. The quantitative estimate of drug-likeness (QED) is 0.878. The van der Waals surface area contributed by atoms with Crippen LogP contribution in [0.3, 0.4) is 0 Å². The number of benzene rings is 1. The Morgan fingerprint density at radius 3 is 2.52 bits per heavy atom. The van der Waals surface area contributed by atoms with Crippen molar-refractivity contribution in [3.8, 4) is 5.75 Å². The van der Waals surface area contributed by atoms with E-state index in [-0.39, 0.29) is 12.0 Å². The van der Waals surface area contributed by atoms with Crippen LogP contribution in [-0.4, -0.2) is 36.0 Å². The molecule has 0 saturated carbocycles. The largest absolute Gasteiger partial charge is 0.491 e. The molecule has 124 valence electrons. The van der Waals surface area contributed by atoms with Crippen LogP contribution in [0.5, 0.6) is 5.75 Å². The third kappa shape index (κ3) is 5.04. The normalized spacial score (nSPS) is 11.1. The molecule has 6 heteroatoms. The lowest BCUT2D eigenvalue weighted by Gasteiger charge is -2.10. The third-order valence-corrected chi connectivity index (χ3v) is 4.12. The van der Waals surface area contributed by atoms with Gasteiger partial charge in [-0.2, -0.15) is 0 Å². The van der Waals surface area contributed by atoms with Crippen molar-refractivity contribution in [3.05, 3.63) is 39.8 Å². The van der Waals surface area contributed by atoms with Crippen LogP contribution < -0.4 is 10.1 Å². The molecule has 0 atom stereocenters. The van der Waals surface area contributed by atoms with Gasteiger partial charge >= 0.3 is 0 Å². The van der Waals surface area contributed by atoms with Crippen LogP contribution in [-0.2, 0) is 6.54 Å². The molecule has 0 spiro atoms. The van der Waals surface area contributed by atoms with Gasteiger partial charge in [-0.05, 0) is 59.1 Å². The number of thiazole rings is 1. The van der Waals surface area contributed by atoms with Crippen molar-refractivity contribution in [2.45, 2.75) is 33.4 Å². The standard InChI is InChI=1S/C17H23N3O2S/c1-11(2)22-14-8-6-13(7-9-14)19-17(21)16-12(3)18-15(23-16)10-20(4)5/h6-9,11H,10H2,1-5H3,(H,19,21). The summed E-state index contributed by atoms with van der Waals surface area (Å²) in [5.41, 5.74) is 1.51. The van der Waals surface area contributed by atoms with Crippen LogP contribution in [0.15, 0.2) is 24.3 Å². The molecule has 2 rings (SSSR count). The first-order valence-corrected chi connectivity index (χ1v) is 8.36. The van der Waals surface area contributed by atoms with Crippen molar-refractivity contribution < 1.29 is 9.53 Å². The number of hydrogen-bond acceptors (Lipinski definition) is 5. The van der Waals surface area contributed by atoms with Crippen molar-refractivity contribution in [2.75, 3.05) is 19.4 Å². The number of nitrogens with one attached hydrogen (secondary N) is 1. The molecule has 1 heterocycles. The van der Waals surface area contributed by atoms with Crippen molar-refractivity contribution in [2.24, 2.45) is 0 Å². The van der Waals surface area contributed by atoms with Crippen LogP contribution in [0, 0.1) is 6.92 Å². The predicted octanol–water partition coefficient (Wildman–Crippen LogP) is 3.55. The lowest BCUT2D eigenvalue weighted by Crippen LogP contribution is -2.11. The lowest BCUT2D eigenvalue weighted by molar-refractivity contribution is 0.102. The van der Waals surface area contributed by atoms with Crippen LogP contribution in [0.2, 0.25) is 0 Å². The second-order valence-corrected chi connectivity index (χ2v) is 6.99. The molecule has 0 radical (unpaired) electrons. The molecular formula is C17H23N3O2S. The molecule has 0 bridgehead atoms. The maximum atomic E-state index is 12.4. The van der Waals surface area contributed by atoms with Crippen molar-refractivity contribution in [3.63, 3.8) is 0 Å². The topological polar surface area (TPSA) is 54.5 Å². The molecule has 2 aromatic rings. The molecule has 0 aliphatic heterocycles. The summed E-state index contributed by atoms with van der Waals surface area (Å²) in [5, 5.41) is 3.85. The maximum absolute atomic E-state index is 12.4. The van der Waals surface area contributed by atoms with Gasteiger partial charge in [-0.3, -0.25) is 4.79 Å². The maximum Gasteiger partial charge on any atom is 0.267 e. The van der Waals surface area contributed by atoms with Crippen molar-refractivity contribution >= 4 is 22.9 Å². The highest BCUT2D eigenvalue weighted by Crippen LogP contribution is 2.22. The predicted molar refractivity (Wildman–Crippen MR) is 94.4 cm³/mol. The van der Waals surface area contributed by atoms with Crippen LogP contribution in [0.4, 0.5) is 5.69 Å². The second-order valence-electron chi connectivity index (χ2n) is 5.91. The van der Waals surface area contributed by atoms with E-state index >= 15 is 0 Å². The second kappa shape index (κ2) is 7.57. The van der Waals surface area contributed by atoms with Gasteiger partial charge < -0.3 is 15.0 Å². The van der Waals surface area contributed by atoms with Gasteiger partial charge in [0.15, 0.2) is 0 Å². The Bertz CT molecular complexity index is 663. The molecule has 0 saturated heterocycles. The van der Waals surface area contributed by atoms with Gasteiger partial charge in [-0.1, -0.05) is 0 Å². The monoisotopic (exact) mass is 333 g/mol. The summed E-state index contributed by atoms with van der Waals surface area (Å²) in [5.74, 6) is 0.669. The highest BCUT2D eigenvalue weighted by atomic mass is 32.1. The minimum Gasteiger partial charge on any atom is -0.491 e. The molecule has 5 nitrogen and oxygen atoms in total. The van der Waals surface area contributed by atoms with E-state index in [2.05, 4.69) is 10.3 Å². The highest BCUT2D eigenvalue weighted by molar-refractivity contribution is 7.13. The first-order chi connectivity index (χ1) is 10.8. The van der Waals surface area contributed by atoms with Crippen LogP contribution in [0.25, 0.3) is 0 Å². The Morgan fingerprint density at radius 1 is 1.30 bits per heavy atom. The highest BCUT2D eigenvalue weighted by Gasteiger charge is 2.15. The van der Waals surface area contributed by atoms with Gasteiger partial charge in [0, 0.05) is 12.2 Å². The Balaban J connectivity index is 2.05. The summed E-state index contributed by atoms with van der Waals surface area (Å²) in [6, 6.07) is 7.39. The molecule has 1 aromatic heterocycles. The minimum absolute atomic E-state index is 0.123. The number of anilines is 1. The van der Waals surface area contributed by atoms with Gasteiger partial charge in [0.2, 0.25) is 0 Å². The molecule has 1 amide bonds. The first kappa shape index (κ1) is 17.4. The number of carbonyl (C=O) groups is 1. The zero-order chi connectivity index (χ0) is 17.0. The first-order valence-electron chi connectivity index (χ1n) is 7.54. The zero-order valence-electron chi connectivity index (χ0n) is 14.2. The van der Waals surface area contributed by atoms with Crippen LogP contribution in [0.1, 0.15) is 34.2 Å².